The van der Waals surface area contributed by atoms with E-state index in [-0.39, 0.29) is 11.9 Å². The third kappa shape index (κ3) is 2.36. The van der Waals surface area contributed by atoms with E-state index in [4.69, 9.17) is 5.73 Å². The van der Waals surface area contributed by atoms with Crippen molar-refractivity contribution in [2.45, 2.75) is 19.4 Å². The van der Waals surface area contributed by atoms with E-state index >= 15 is 0 Å². The Hall–Kier alpha value is -1.68. The van der Waals surface area contributed by atoms with Crippen molar-refractivity contribution >= 4 is 0 Å². The predicted molar refractivity (Wildman–Crippen MR) is 65.2 cm³/mol. The Morgan fingerprint density at radius 1 is 1.35 bits per heavy atom. The van der Waals surface area contributed by atoms with Crippen LogP contribution < -0.4 is 5.73 Å². The van der Waals surface area contributed by atoms with E-state index in [0.29, 0.717) is 6.54 Å². The average molecular weight is 233 g/mol. The topological polar surface area (TPSA) is 43.8 Å². The second kappa shape index (κ2) is 5.10. The quantitative estimate of drug-likeness (QED) is 0.879. The van der Waals surface area contributed by atoms with Crippen LogP contribution in [0.3, 0.4) is 0 Å². The lowest BCUT2D eigenvalue weighted by Gasteiger charge is -2.19. The summed E-state index contributed by atoms with van der Waals surface area (Å²) in [4.78, 5) is 4.28. The lowest BCUT2D eigenvalue weighted by Crippen LogP contribution is -2.21. The minimum atomic E-state index is -0.231. The molecule has 0 radical (unpaired) electrons. The minimum Gasteiger partial charge on any atom is -0.328 e. The zero-order valence-corrected chi connectivity index (χ0v) is 9.81. The highest BCUT2D eigenvalue weighted by Crippen LogP contribution is 2.19. The van der Waals surface area contributed by atoms with Gasteiger partial charge < -0.3 is 10.3 Å². The van der Waals surface area contributed by atoms with E-state index < -0.39 is 0 Å². The van der Waals surface area contributed by atoms with Crippen LogP contribution in [0.25, 0.3) is 0 Å². The SMILES string of the molecule is CCc1nccn1C(CN)c1ccc(F)cc1. The maximum Gasteiger partial charge on any atom is 0.123 e. The molecule has 0 aliphatic carbocycles. The molecule has 2 rings (SSSR count). The van der Waals surface area contributed by atoms with Gasteiger partial charge in [-0.2, -0.15) is 0 Å². The number of nitrogens with two attached hydrogens (primary N) is 1. The van der Waals surface area contributed by atoms with Gasteiger partial charge in [-0.25, -0.2) is 9.37 Å². The van der Waals surface area contributed by atoms with E-state index in [9.17, 15) is 4.39 Å². The van der Waals surface area contributed by atoms with Gasteiger partial charge in [0, 0.05) is 25.4 Å². The number of nitrogens with zero attached hydrogens (tertiary/aromatic N) is 2. The Bertz CT molecular complexity index is 476. The van der Waals surface area contributed by atoms with E-state index in [1.54, 1.807) is 18.3 Å². The van der Waals surface area contributed by atoms with Crippen LogP contribution in [0.5, 0.6) is 0 Å². The molecule has 17 heavy (non-hydrogen) atoms. The van der Waals surface area contributed by atoms with Gasteiger partial charge in [0.15, 0.2) is 0 Å². The highest BCUT2D eigenvalue weighted by Gasteiger charge is 2.14. The number of imidazole rings is 1. The lowest BCUT2D eigenvalue weighted by atomic mass is 10.1. The number of benzene rings is 1. The van der Waals surface area contributed by atoms with Crippen LogP contribution in [0, 0.1) is 5.82 Å². The van der Waals surface area contributed by atoms with Crippen LogP contribution in [-0.4, -0.2) is 16.1 Å². The molecule has 0 amide bonds. The molecule has 0 aliphatic rings. The van der Waals surface area contributed by atoms with Gasteiger partial charge in [0.2, 0.25) is 0 Å². The molecular formula is C13H16FN3. The van der Waals surface area contributed by atoms with Crippen molar-refractivity contribution in [3.63, 3.8) is 0 Å². The first-order valence-corrected chi connectivity index (χ1v) is 5.73. The van der Waals surface area contributed by atoms with Crippen molar-refractivity contribution in [3.8, 4) is 0 Å². The summed E-state index contributed by atoms with van der Waals surface area (Å²) in [5, 5.41) is 0. The lowest BCUT2D eigenvalue weighted by molar-refractivity contribution is 0.565. The third-order valence-corrected chi connectivity index (χ3v) is 2.88. The normalized spacial score (nSPS) is 12.6. The number of aryl methyl sites for hydroxylation is 1. The largest absolute Gasteiger partial charge is 0.328 e. The van der Waals surface area contributed by atoms with Gasteiger partial charge in [0.05, 0.1) is 6.04 Å². The van der Waals surface area contributed by atoms with Gasteiger partial charge in [0.1, 0.15) is 11.6 Å². The summed E-state index contributed by atoms with van der Waals surface area (Å²) >= 11 is 0. The summed E-state index contributed by atoms with van der Waals surface area (Å²) in [6.07, 6.45) is 4.54. The van der Waals surface area contributed by atoms with Gasteiger partial charge in [-0.3, -0.25) is 0 Å². The van der Waals surface area contributed by atoms with Crippen molar-refractivity contribution in [1.82, 2.24) is 9.55 Å². The van der Waals surface area contributed by atoms with Crippen molar-refractivity contribution in [2.75, 3.05) is 6.54 Å². The molecule has 0 spiro atoms. The molecule has 3 nitrogen and oxygen atoms in total. The minimum absolute atomic E-state index is 0.0213. The molecule has 90 valence electrons. The molecule has 1 unspecified atom stereocenters. The summed E-state index contributed by atoms with van der Waals surface area (Å²) in [7, 11) is 0. The van der Waals surface area contributed by atoms with E-state index in [0.717, 1.165) is 17.8 Å². The fourth-order valence-electron chi connectivity index (χ4n) is 2.00. The highest BCUT2D eigenvalue weighted by molar-refractivity contribution is 5.22. The molecule has 0 fully saturated rings. The Morgan fingerprint density at radius 3 is 2.65 bits per heavy atom. The van der Waals surface area contributed by atoms with Gasteiger partial charge in [-0.1, -0.05) is 19.1 Å². The van der Waals surface area contributed by atoms with Crippen LogP contribution in [0.15, 0.2) is 36.7 Å². The summed E-state index contributed by atoms with van der Waals surface area (Å²) < 4.78 is 14.9. The van der Waals surface area contributed by atoms with Crippen LogP contribution in [0.4, 0.5) is 4.39 Å². The van der Waals surface area contributed by atoms with Crippen LogP contribution in [0.2, 0.25) is 0 Å². The first-order chi connectivity index (χ1) is 8.26. The number of aromatic nitrogens is 2. The fraction of sp³-hybridized carbons (Fsp3) is 0.308. The molecule has 0 saturated heterocycles. The van der Waals surface area contributed by atoms with Crippen molar-refractivity contribution < 1.29 is 4.39 Å². The number of hydrogen-bond donors (Lipinski definition) is 1. The Balaban J connectivity index is 2.36. The number of hydrogen-bond acceptors (Lipinski definition) is 2. The molecular weight excluding hydrogens is 217 g/mol. The molecule has 0 saturated carbocycles. The van der Waals surface area contributed by atoms with Crippen LogP contribution in [-0.2, 0) is 6.42 Å². The third-order valence-electron chi connectivity index (χ3n) is 2.88. The van der Waals surface area contributed by atoms with Crippen molar-refractivity contribution in [2.24, 2.45) is 5.73 Å². The Kier molecular flexibility index (Phi) is 3.54. The monoisotopic (exact) mass is 233 g/mol. The standard InChI is InChI=1S/C13H16FN3/c1-2-13-16-7-8-17(13)12(9-15)10-3-5-11(14)6-4-10/h3-8,12H,2,9,15H2,1H3. The van der Waals surface area contributed by atoms with Gasteiger partial charge in [-0.15, -0.1) is 0 Å². The summed E-state index contributed by atoms with van der Waals surface area (Å²) in [6.45, 7) is 2.52. The summed E-state index contributed by atoms with van der Waals surface area (Å²) in [5.74, 6) is 0.760. The summed E-state index contributed by atoms with van der Waals surface area (Å²) in [5.41, 5.74) is 6.82. The van der Waals surface area contributed by atoms with E-state index in [2.05, 4.69) is 11.9 Å². The van der Waals surface area contributed by atoms with Crippen molar-refractivity contribution in [3.05, 3.63) is 53.9 Å². The molecule has 4 heteroatoms. The average Bonchev–Trinajstić information content (AvgIpc) is 2.81. The molecule has 1 heterocycles. The summed E-state index contributed by atoms with van der Waals surface area (Å²) in [6, 6.07) is 6.48. The molecule has 2 N–H and O–H groups in total. The maximum atomic E-state index is 12.9. The van der Waals surface area contributed by atoms with E-state index in [1.807, 2.05) is 10.8 Å². The van der Waals surface area contributed by atoms with Crippen LogP contribution >= 0.6 is 0 Å². The van der Waals surface area contributed by atoms with Crippen molar-refractivity contribution in [1.29, 1.82) is 0 Å². The van der Waals surface area contributed by atoms with Gasteiger partial charge >= 0.3 is 0 Å². The van der Waals surface area contributed by atoms with Gasteiger partial charge in [-0.05, 0) is 17.7 Å². The number of rotatable bonds is 4. The molecule has 1 atom stereocenters. The van der Waals surface area contributed by atoms with Gasteiger partial charge in [0.25, 0.3) is 0 Å². The zero-order valence-electron chi connectivity index (χ0n) is 9.81. The Morgan fingerprint density at radius 2 is 2.06 bits per heavy atom. The molecule has 1 aromatic carbocycles. The Labute approximate surface area is 100 Å². The second-order valence-corrected chi connectivity index (χ2v) is 3.91. The molecule has 2 aromatic rings. The van der Waals surface area contributed by atoms with E-state index in [1.165, 1.54) is 12.1 Å². The highest BCUT2D eigenvalue weighted by atomic mass is 19.1. The fourth-order valence-corrected chi connectivity index (χ4v) is 2.00. The molecule has 0 bridgehead atoms. The first-order valence-electron chi connectivity index (χ1n) is 5.73. The smallest absolute Gasteiger partial charge is 0.123 e. The first kappa shape index (κ1) is 11.8. The molecule has 0 aliphatic heterocycles. The predicted octanol–water partition coefficient (Wildman–Crippen LogP) is 2.13. The maximum absolute atomic E-state index is 12.9. The molecule has 1 aromatic heterocycles. The zero-order chi connectivity index (χ0) is 12.3. The number of halogens is 1. The second-order valence-electron chi connectivity index (χ2n) is 3.91. The van der Waals surface area contributed by atoms with Crippen LogP contribution in [0.1, 0.15) is 24.4 Å².